The lowest BCUT2D eigenvalue weighted by molar-refractivity contribution is 0.242. The fraction of sp³-hybridized carbons (Fsp3) is 0.353. The normalized spacial score (nSPS) is 15.3. The molecule has 0 saturated carbocycles. The van der Waals surface area contributed by atoms with Crippen molar-refractivity contribution in [2.45, 2.75) is 6.54 Å². The maximum Gasteiger partial charge on any atom is 0.266 e. The molecular formula is C17H19N7OS. The van der Waals surface area contributed by atoms with E-state index >= 15 is 0 Å². The maximum atomic E-state index is 12.1. The van der Waals surface area contributed by atoms with Crippen molar-refractivity contribution < 1.29 is 0 Å². The van der Waals surface area contributed by atoms with Gasteiger partial charge in [0.1, 0.15) is 5.51 Å². The fourth-order valence-corrected chi connectivity index (χ4v) is 3.60. The second-order valence-corrected chi connectivity index (χ2v) is 6.88. The summed E-state index contributed by atoms with van der Waals surface area (Å²) in [7, 11) is 0. The van der Waals surface area contributed by atoms with Crippen LogP contribution in [-0.2, 0) is 6.54 Å². The lowest BCUT2D eigenvalue weighted by Gasteiger charge is -2.34. The van der Waals surface area contributed by atoms with Gasteiger partial charge in [0.25, 0.3) is 5.56 Å². The van der Waals surface area contributed by atoms with E-state index in [0.717, 1.165) is 49.1 Å². The molecule has 0 bridgehead atoms. The molecule has 0 radical (unpaired) electrons. The van der Waals surface area contributed by atoms with Crippen LogP contribution in [0.15, 0.2) is 47.0 Å². The third-order valence-electron chi connectivity index (χ3n) is 4.44. The predicted octanol–water partition coefficient (Wildman–Crippen LogP) is 0.979. The Kier molecular flexibility index (Phi) is 4.98. The van der Waals surface area contributed by atoms with Crippen LogP contribution in [-0.4, -0.2) is 62.6 Å². The first-order valence-corrected chi connectivity index (χ1v) is 9.39. The Morgan fingerprint density at radius 1 is 1.08 bits per heavy atom. The number of piperazine rings is 1. The van der Waals surface area contributed by atoms with Crippen molar-refractivity contribution in [1.82, 2.24) is 29.9 Å². The van der Waals surface area contributed by atoms with Gasteiger partial charge in [-0.2, -0.15) is 5.10 Å². The molecule has 134 valence electrons. The van der Waals surface area contributed by atoms with E-state index in [1.54, 1.807) is 46.1 Å². The monoisotopic (exact) mass is 369 g/mol. The quantitative estimate of drug-likeness (QED) is 0.663. The van der Waals surface area contributed by atoms with E-state index in [2.05, 4.69) is 30.1 Å². The van der Waals surface area contributed by atoms with E-state index in [9.17, 15) is 4.79 Å². The summed E-state index contributed by atoms with van der Waals surface area (Å²) in [6.45, 7) is 5.10. The van der Waals surface area contributed by atoms with Gasteiger partial charge in [0, 0.05) is 56.7 Å². The van der Waals surface area contributed by atoms with Crippen molar-refractivity contribution in [1.29, 1.82) is 0 Å². The highest BCUT2D eigenvalue weighted by Gasteiger charge is 2.19. The summed E-state index contributed by atoms with van der Waals surface area (Å²) in [5.41, 5.74) is 3.35. The summed E-state index contributed by atoms with van der Waals surface area (Å²) in [4.78, 5) is 20.8. The van der Waals surface area contributed by atoms with Crippen molar-refractivity contribution in [3.05, 3.63) is 52.5 Å². The van der Waals surface area contributed by atoms with Gasteiger partial charge in [-0.1, -0.05) is 11.3 Å². The minimum atomic E-state index is -0.0786. The summed E-state index contributed by atoms with van der Waals surface area (Å²) < 4.78 is 1.54. The van der Waals surface area contributed by atoms with Crippen LogP contribution < -0.4 is 10.5 Å². The van der Waals surface area contributed by atoms with Crippen molar-refractivity contribution in [2.75, 3.05) is 37.6 Å². The van der Waals surface area contributed by atoms with E-state index in [1.807, 2.05) is 12.1 Å². The molecule has 1 aliphatic rings. The molecule has 4 rings (SSSR count). The molecule has 0 N–H and O–H groups in total. The Hall–Kier alpha value is -2.65. The predicted molar refractivity (Wildman–Crippen MR) is 100 cm³/mol. The SMILES string of the molecule is O=c1ccc(-c2cccnc2)nn1CCN1CCN(c2nncs2)CC1. The number of aromatic nitrogens is 5. The van der Waals surface area contributed by atoms with Crippen molar-refractivity contribution in [2.24, 2.45) is 0 Å². The van der Waals surface area contributed by atoms with Crippen LogP contribution >= 0.6 is 11.3 Å². The van der Waals surface area contributed by atoms with Crippen LogP contribution in [0.4, 0.5) is 5.13 Å². The smallest absolute Gasteiger partial charge is 0.266 e. The number of rotatable bonds is 5. The molecule has 1 fully saturated rings. The van der Waals surface area contributed by atoms with Crippen LogP contribution in [0.2, 0.25) is 0 Å². The van der Waals surface area contributed by atoms with E-state index in [1.165, 1.54) is 0 Å². The minimum Gasteiger partial charge on any atom is -0.344 e. The van der Waals surface area contributed by atoms with Crippen molar-refractivity contribution >= 4 is 16.5 Å². The molecule has 3 aromatic heterocycles. The highest BCUT2D eigenvalue weighted by atomic mass is 32.1. The van der Waals surface area contributed by atoms with Crippen molar-refractivity contribution in [3.63, 3.8) is 0 Å². The topological polar surface area (TPSA) is 80.0 Å². The summed E-state index contributed by atoms with van der Waals surface area (Å²) in [6, 6.07) is 7.13. The molecule has 1 aliphatic heterocycles. The zero-order valence-electron chi connectivity index (χ0n) is 14.2. The number of nitrogens with zero attached hydrogens (tertiary/aromatic N) is 7. The van der Waals surface area contributed by atoms with Crippen LogP contribution in [0.5, 0.6) is 0 Å². The van der Waals surface area contributed by atoms with Crippen LogP contribution in [0.1, 0.15) is 0 Å². The number of hydrogen-bond donors (Lipinski definition) is 0. The molecule has 0 amide bonds. The number of pyridine rings is 1. The summed E-state index contributed by atoms with van der Waals surface area (Å²) in [5, 5.41) is 13.5. The lowest BCUT2D eigenvalue weighted by atomic mass is 10.2. The van der Waals surface area contributed by atoms with Crippen LogP contribution in [0, 0.1) is 0 Å². The number of anilines is 1. The first-order valence-electron chi connectivity index (χ1n) is 8.52. The third-order valence-corrected chi connectivity index (χ3v) is 5.19. The Labute approximate surface area is 154 Å². The Balaban J connectivity index is 1.37. The van der Waals surface area contributed by atoms with Gasteiger partial charge >= 0.3 is 0 Å². The highest BCUT2D eigenvalue weighted by Crippen LogP contribution is 2.17. The molecule has 1 saturated heterocycles. The van der Waals surface area contributed by atoms with Crippen molar-refractivity contribution in [3.8, 4) is 11.3 Å². The average Bonchev–Trinajstić information content (AvgIpc) is 3.23. The van der Waals surface area contributed by atoms with E-state index in [-0.39, 0.29) is 5.56 Å². The molecule has 0 atom stereocenters. The Bertz CT molecular complexity index is 889. The summed E-state index contributed by atoms with van der Waals surface area (Å²) in [6.07, 6.45) is 3.48. The van der Waals surface area contributed by atoms with Gasteiger partial charge in [-0.05, 0) is 18.2 Å². The summed E-state index contributed by atoms with van der Waals surface area (Å²) in [5.74, 6) is 0. The summed E-state index contributed by atoms with van der Waals surface area (Å²) >= 11 is 1.57. The van der Waals surface area contributed by atoms with Gasteiger partial charge in [0.15, 0.2) is 0 Å². The van der Waals surface area contributed by atoms with Crippen LogP contribution in [0.3, 0.4) is 0 Å². The maximum absolute atomic E-state index is 12.1. The van der Waals surface area contributed by atoms with Gasteiger partial charge in [0.2, 0.25) is 5.13 Å². The molecule has 0 aromatic carbocycles. The first-order chi connectivity index (χ1) is 12.8. The zero-order chi connectivity index (χ0) is 17.8. The lowest BCUT2D eigenvalue weighted by Crippen LogP contribution is -2.47. The van der Waals surface area contributed by atoms with Gasteiger partial charge < -0.3 is 4.90 Å². The molecule has 9 heteroatoms. The zero-order valence-corrected chi connectivity index (χ0v) is 15.0. The van der Waals surface area contributed by atoms with Gasteiger partial charge in [-0.3, -0.25) is 14.7 Å². The molecule has 0 unspecified atom stereocenters. The molecule has 3 aromatic rings. The second kappa shape index (κ2) is 7.71. The Morgan fingerprint density at radius 3 is 2.69 bits per heavy atom. The third kappa shape index (κ3) is 3.78. The number of hydrogen-bond acceptors (Lipinski definition) is 8. The van der Waals surface area contributed by atoms with E-state index in [0.29, 0.717) is 6.54 Å². The largest absolute Gasteiger partial charge is 0.344 e. The molecule has 0 spiro atoms. The molecule has 26 heavy (non-hydrogen) atoms. The van der Waals surface area contributed by atoms with E-state index in [4.69, 9.17) is 0 Å². The molecule has 8 nitrogen and oxygen atoms in total. The standard InChI is InChI=1S/C17H19N7OS/c25-16-4-3-15(14-2-1-5-18-12-14)21-24(16)11-8-22-6-9-23(10-7-22)17-20-19-13-26-17/h1-5,12-13H,6-11H2. The average molecular weight is 369 g/mol. The van der Waals surface area contributed by atoms with Gasteiger partial charge in [0.05, 0.1) is 12.2 Å². The molecular weight excluding hydrogens is 350 g/mol. The molecule has 0 aliphatic carbocycles. The van der Waals surface area contributed by atoms with Gasteiger partial charge in [-0.15, -0.1) is 10.2 Å². The fourth-order valence-electron chi connectivity index (χ4n) is 2.98. The minimum absolute atomic E-state index is 0.0786. The highest BCUT2D eigenvalue weighted by molar-refractivity contribution is 7.13. The molecule has 4 heterocycles. The van der Waals surface area contributed by atoms with Gasteiger partial charge in [-0.25, -0.2) is 4.68 Å². The Morgan fingerprint density at radius 2 is 1.96 bits per heavy atom. The first kappa shape index (κ1) is 16.8. The van der Waals surface area contributed by atoms with Crippen LogP contribution in [0.25, 0.3) is 11.3 Å². The van der Waals surface area contributed by atoms with E-state index < -0.39 is 0 Å². The second-order valence-electron chi connectivity index (χ2n) is 6.07.